The molecule has 7 nitrogen and oxygen atoms in total. The lowest BCUT2D eigenvalue weighted by Gasteiger charge is -2.19. The average Bonchev–Trinajstić information content (AvgIpc) is 3.13. The molecule has 33 heavy (non-hydrogen) atoms. The number of hydrogen-bond acceptors (Lipinski definition) is 5. The fourth-order valence-corrected chi connectivity index (χ4v) is 3.87. The van der Waals surface area contributed by atoms with Gasteiger partial charge in [0.1, 0.15) is 12.4 Å². The van der Waals surface area contributed by atoms with Crippen molar-refractivity contribution in [2.75, 3.05) is 13.7 Å². The largest absolute Gasteiger partial charge is 0.508 e. The van der Waals surface area contributed by atoms with Crippen LogP contribution in [0.2, 0.25) is 0 Å². The number of aromatic nitrogens is 2. The third-order valence-electron chi connectivity index (χ3n) is 5.62. The second-order valence-electron chi connectivity index (χ2n) is 7.55. The van der Waals surface area contributed by atoms with Crippen LogP contribution in [-0.4, -0.2) is 41.8 Å². The number of amides is 1. The van der Waals surface area contributed by atoms with E-state index in [1.807, 2.05) is 13.0 Å². The van der Waals surface area contributed by atoms with Crippen molar-refractivity contribution in [1.82, 2.24) is 15.3 Å². The molecule has 2 aromatic heterocycles. The summed E-state index contributed by atoms with van der Waals surface area (Å²) < 4.78 is 25.4. The number of nitrogens with zero attached hydrogens (tertiary/aromatic N) is 3. The Morgan fingerprint density at radius 3 is 2.82 bits per heavy atom. The molecule has 166 valence electrons. The van der Waals surface area contributed by atoms with Crippen LogP contribution in [0, 0.1) is 24.3 Å². The standard InChI is InChI=1S/C25H21FN4O3/c1-4-17-21(30-24(31)23(17)26)14-33-25-19-11-22(32-3)20(27-2)10-18(19)16(13-29-25)8-7-15-6-5-9-28-12-15/h5-6,9-13,17,21,23H,4,14H2,1,3H3,(H,30,31)/t17-,21+,23-/m0/s1. The van der Waals surface area contributed by atoms with E-state index in [1.165, 1.54) is 7.11 Å². The number of carbonyl (C=O) groups is 1. The highest BCUT2D eigenvalue weighted by atomic mass is 19.1. The lowest BCUT2D eigenvalue weighted by molar-refractivity contribution is -0.123. The number of alkyl halides is 1. The number of ether oxygens (including phenoxy) is 2. The van der Waals surface area contributed by atoms with Gasteiger partial charge in [-0.05, 0) is 36.1 Å². The van der Waals surface area contributed by atoms with Crippen LogP contribution < -0.4 is 14.8 Å². The summed E-state index contributed by atoms with van der Waals surface area (Å²) in [5.74, 6) is 5.73. The second-order valence-corrected chi connectivity index (χ2v) is 7.55. The van der Waals surface area contributed by atoms with Gasteiger partial charge in [-0.25, -0.2) is 14.2 Å². The molecule has 0 unspecified atom stereocenters. The maximum absolute atomic E-state index is 14.1. The fraction of sp³-hybridized carbons (Fsp3) is 0.280. The van der Waals surface area contributed by atoms with Crippen molar-refractivity contribution in [3.8, 4) is 23.5 Å². The normalized spacial score (nSPS) is 19.3. The molecule has 1 saturated heterocycles. The molecular weight excluding hydrogens is 423 g/mol. The zero-order chi connectivity index (χ0) is 23.4. The summed E-state index contributed by atoms with van der Waals surface area (Å²) in [6, 6.07) is 6.56. The molecule has 1 aliphatic heterocycles. The molecule has 0 bridgehead atoms. The van der Waals surface area contributed by atoms with Gasteiger partial charge in [0, 0.05) is 35.5 Å². The molecule has 1 N–H and O–H groups in total. The molecule has 3 aromatic rings. The van der Waals surface area contributed by atoms with E-state index in [0.29, 0.717) is 34.2 Å². The highest BCUT2D eigenvalue weighted by Crippen LogP contribution is 2.37. The first kappa shape index (κ1) is 22.0. The van der Waals surface area contributed by atoms with Crippen LogP contribution in [0.5, 0.6) is 11.6 Å². The van der Waals surface area contributed by atoms with Crippen molar-refractivity contribution in [1.29, 1.82) is 0 Å². The quantitative estimate of drug-likeness (QED) is 0.478. The van der Waals surface area contributed by atoms with Gasteiger partial charge in [0.2, 0.25) is 11.6 Å². The van der Waals surface area contributed by atoms with Crippen LogP contribution in [0.1, 0.15) is 24.5 Å². The van der Waals surface area contributed by atoms with Crippen LogP contribution in [0.15, 0.2) is 42.9 Å². The van der Waals surface area contributed by atoms with Crippen molar-refractivity contribution in [3.63, 3.8) is 0 Å². The highest BCUT2D eigenvalue weighted by Gasteiger charge is 2.41. The molecule has 1 fully saturated rings. The van der Waals surface area contributed by atoms with Crippen LogP contribution >= 0.6 is 0 Å². The van der Waals surface area contributed by atoms with Crippen LogP contribution in [0.4, 0.5) is 10.1 Å². The summed E-state index contributed by atoms with van der Waals surface area (Å²) in [4.78, 5) is 23.8. The summed E-state index contributed by atoms with van der Waals surface area (Å²) >= 11 is 0. The number of methoxy groups -OCH3 is 1. The fourth-order valence-electron chi connectivity index (χ4n) is 3.87. The molecule has 3 heterocycles. The average molecular weight is 444 g/mol. The van der Waals surface area contributed by atoms with Gasteiger partial charge < -0.3 is 14.8 Å². The van der Waals surface area contributed by atoms with Crippen molar-refractivity contribution in [2.24, 2.45) is 5.92 Å². The topological polar surface area (TPSA) is 77.7 Å². The van der Waals surface area contributed by atoms with E-state index in [-0.39, 0.29) is 12.5 Å². The summed E-state index contributed by atoms with van der Waals surface area (Å²) in [7, 11) is 1.48. The number of carbonyl (C=O) groups excluding carboxylic acids is 1. The minimum Gasteiger partial charge on any atom is -0.508 e. The molecule has 4 rings (SSSR count). The van der Waals surface area contributed by atoms with Crippen LogP contribution in [0.3, 0.4) is 0 Å². The van der Waals surface area contributed by atoms with Crippen LogP contribution in [0.25, 0.3) is 15.6 Å². The number of nitrogens with one attached hydrogen (secondary N) is 1. The maximum Gasteiger partial charge on any atom is 0.255 e. The molecule has 3 atom stereocenters. The number of benzene rings is 1. The summed E-state index contributed by atoms with van der Waals surface area (Å²) in [6.45, 7) is 9.39. The lowest BCUT2D eigenvalue weighted by atomic mass is 9.97. The summed E-state index contributed by atoms with van der Waals surface area (Å²) in [5.41, 5.74) is 1.69. The van der Waals surface area contributed by atoms with Crippen molar-refractivity contribution in [3.05, 3.63) is 65.4 Å². The Morgan fingerprint density at radius 2 is 2.12 bits per heavy atom. The predicted octanol–water partition coefficient (Wildman–Crippen LogP) is 3.83. The van der Waals surface area contributed by atoms with Gasteiger partial charge in [0.15, 0.2) is 6.17 Å². The Bertz CT molecular complexity index is 1290. The Hall–Kier alpha value is -4.17. The minimum atomic E-state index is -1.54. The van der Waals surface area contributed by atoms with Gasteiger partial charge in [0.25, 0.3) is 5.91 Å². The number of fused-ring (bicyclic) bond motifs is 1. The number of rotatable bonds is 5. The maximum atomic E-state index is 14.1. The van der Waals surface area contributed by atoms with E-state index in [2.05, 4.69) is 32.0 Å². The van der Waals surface area contributed by atoms with Gasteiger partial charge in [-0.1, -0.05) is 18.8 Å². The first-order valence-corrected chi connectivity index (χ1v) is 10.4. The summed E-state index contributed by atoms with van der Waals surface area (Å²) in [5, 5.41) is 3.93. The molecule has 0 radical (unpaired) electrons. The minimum absolute atomic E-state index is 0.0698. The van der Waals surface area contributed by atoms with E-state index in [1.54, 1.807) is 36.8 Å². The van der Waals surface area contributed by atoms with Crippen molar-refractivity contribution < 1.29 is 18.7 Å². The Labute approximate surface area is 190 Å². The highest BCUT2D eigenvalue weighted by molar-refractivity contribution is 5.96. The first-order valence-electron chi connectivity index (χ1n) is 10.4. The SMILES string of the molecule is [C-]#[N+]c1cc2c(C#Cc3cccnc3)cnc(OC[C@H]3NC(=O)[C@@H](F)[C@H]3CC)c2cc1OC. The second kappa shape index (κ2) is 9.54. The number of pyridine rings is 2. The molecule has 1 aliphatic rings. The molecule has 1 aromatic carbocycles. The number of halogens is 1. The van der Waals surface area contributed by atoms with Gasteiger partial charge in [-0.2, -0.15) is 0 Å². The van der Waals surface area contributed by atoms with Crippen LogP contribution in [-0.2, 0) is 4.79 Å². The molecule has 0 spiro atoms. The van der Waals surface area contributed by atoms with Gasteiger partial charge in [-0.15, -0.1) is 0 Å². The van der Waals surface area contributed by atoms with Crippen molar-refractivity contribution in [2.45, 2.75) is 25.6 Å². The van der Waals surface area contributed by atoms with E-state index < -0.39 is 24.0 Å². The van der Waals surface area contributed by atoms with Gasteiger partial charge >= 0.3 is 0 Å². The van der Waals surface area contributed by atoms with Gasteiger partial charge in [0.05, 0.1) is 25.3 Å². The molecule has 1 amide bonds. The van der Waals surface area contributed by atoms with Gasteiger partial charge in [-0.3, -0.25) is 9.78 Å². The Morgan fingerprint density at radius 1 is 1.27 bits per heavy atom. The smallest absolute Gasteiger partial charge is 0.255 e. The molecule has 0 saturated carbocycles. The lowest BCUT2D eigenvalue weighted by Crippen LogP contribution is -2.34. The van der Waals surface area contributed by atoms with E-state index in [9.17, 15) is 9.18 Å². The zero-order valence-electron chi connectivity index (χ0n) is 18.1. The number of hydrogen-bond donors (Lipinski definition) is 1. The Kier molecular flexibility index (Phi) is 6.37. The van der Waals surface area contributed by atoms with Crippen molar-refractivity contribution >= 4 is 22.4 Å². The summed E-state index contributed by atoms with van der Waals surface area (Å²) in [6.07, 6.45) is 3.87. The first-order chi connectivity index (χ1) is 16.0. The zero-order valence-corrected chi connectivity index (χ0v) is 18.1. The van der Waals surface area contributed by atoms with E-state index >= 15 is 0 Å². The Balaban J connectivity index is 1.73. The third-order valence-corrected chi connectivity index (χ3v) is 5.62. The molecule has 8 heteroatoms. The van der Waals surface area contributed by atoms with E-state index in [0.717, 1.165) is 5.56 Å². The predicted molar refractivity (Wildman–Crippen MR) is 121 cm³/mol. The molecule has 0 aliphatic carbocycles. The monoisotopic (exact) mass is 444 g/mol. The van der Waals surface area contributed by atoms with E-state index in [4.69, 9.17) is 16.0 Å². The molecular formula is C25H21FN4O3. The third kappa shape index (κ3) is 4.42.